The topological polar surface area (TPSA) is 55.8 Å². The molecule has 5 heteroatoms. The number of piperidine rings is 1. The molecule has 3 saturated carbocycles. The van der Waals surface area contributed by atoms with E-state index in [1.54, 1.807) is 12.5 Å². The molecule has 4 aliphatic carbocycles. The Balaban J connectivity index is 1.22. The highest BCUT2D eigenvalue weighted by Crippen LogP contribution is 2.70. The van der Waals surface area contributed by atoms with Crippen molar-refractivity contribution in [2.45, 2.75) is 130 Å². The second-order valence-electron chi connectivity index (χ2n) is 14.7. The van der Waals surface area contributed by atoms with Gasteiger partial charge < -0.3 is 14.4 Å². The van der Waals surface area contributed by atoms with Crippen LogP contribution >= 0.6 is 0 Å². The molecule has 6 rings (SSSR count). The van der Waals surface area contributed by atoms with E-state index in [1.165, 1.54) is 19.3 Å². The van der Waals surface area contributed by atoms with Crippen molar-refractivity contribution in [2.75, 3.05) is 6.54 Å². The van der Waals surface area contributed by atoms with Gasteiger partial charge in [-0.25, -0.2) is 0 Å². The third-order valence-electron chi connectivity index (χ3n) is 12.8. The van der Waals surface area contributed by atoms with Crippen LogP contribution in [0.4, 0.5) is 0 Å². The van der Waals surface area contributed by atoms with Gasteiger partial charge in [0.1, 0.15) is 11.8 Å². The number of ether oxygens (including phenoxy) is 2. The van der Waals surface area contributed by atoms with Crippen molar-refractivity contribution in [3.63, 3.8) is 0 Å². The Hall–Kier alpha value is -1.36. The molecule has 2 saturated heterocycles. The molecule has 38 heavy (non-hydrogen) atoms. The van der Waals surface area contributed by atoms with E-state index in [2.05, 4.69) is 38.7 Å². The number of hydrogen-bond donors (Lipinski definition) is 0. The lowest BCUT2D eigenvalue weighted by Gasteiger charge is -2.59. The van der Waals surface area contributed by atoms with Crippen molar-refractivity contribution in [1.82, 2.24) is 4.90 Å². The molecule has 0 unspecified atom stereocenters. The van der Waals surface area contributed by atoms with Crippen molar-refractivity contribution in [2.24, 2.45) is 46.3 Å². The molecule has 0 aromatic carbocycles. The first-order valence-corrected chi connectivity index (χ1v) is 15.9. The minimum atomic E-state index is -0.391. The van der Waals surface area contributed by atoms with Gasteiger partial charge in [-0.15, -0.1) is 0 Å². The number of likely N-dealkylation sites (tertiary alicyclic amines) is 1. The van der Waals surface area contributed by atoms with E-state index in [0.717, 1.165) is 57.4 Å². The Morgan fingerprint density at radius 3 is 2.63 bits per heavy atom. The van der Waals surface area contributed by atoms with Crippen LogP contribution in [0.25, 0.3) is 0 Å². The molecule has 2 aliphatic heterocycles. The minimum absolute atomic E-state index is 0.0241. The zero-order chi connectivity index (χ0) is 27.0. The smallest absolute Gasteiger partial charge is 0.306 e. The molecule has 11 atom stereocenters. The maximum absolute atomic E-state index is 12.8. The zero-order valence-electron chi connectivity index (χ0n) is 24.8. The van der Waals surface area contributed by atoms with Crippen LogP contribution < -0.4 is 0 Å². The van der Waals surface area contributed by atoms with Crippen molar-refractivity contribution < 1.29 is 19.1 Å². The fourth-order valence-corrected chi connectivity index (χ4v) is 11.0. The first-order valence-electron chi connectivity index (χ1n) is 15.9. The predicted octanol–water partition coefficient (Wildman–Crippen LogP) is 6.90. The number of carbonyl (C=O) groups is 2. The van der Waals surface area contributed by atoms with E-state index in [4.69, 9.17) is 9.47 Å². The molecule has 1 spiro atoms. The van der Waals surface area contributed by atoms with Crippen molar-refractivity contribution in [1.29, 1.82) is 0 Å². The van der Waals surface area contributed by atoms with Crippen LogP contribution in [-0.2, 0) is 19.1 Å². The largest absolute Gasteiger partial charge is 0.462 e. The number of rotatable bonds is 3. The molecule has 0 N–H and O–H groups in total. The molecular formula is C33H51NO4. The van der Waals surface area contributed by atoms with Crippen molar-refractivity contribution in [3.8, 4) is 0 Å². The van der Waals surface area contributed by atoms with Crippen LogP contribution in [0.1, 0.15) is 112 Å². The Morgan fingerprint density at radius 1 is 1.11 bits per heavy atom. The molecule has 2 heterocycles. The standard InChI is InChI=1S/C33H51NO4/c1-7-8-29(36)37-24-12-14-31(5)23(17-24)9-10-25-26(31)13-15-32(6)27(25)18-28-30(32)21(3)33(38-28)16-11-20(2)19-34(33)22(4)35/h9,20-21,24-28,30H,7-8,10-19H2,1-6H3/t20-,21-,24+,25-,26-,27-,28-,30+,31-,32-,33+/m0/s1. The van der Waals surface area contributed by atoms with Crippen molar-refractivity contribution in [3.05, 3.63) is 11.6 Å². The summed E-state index contributed by atoms with van der Waals surface area (Å²) in [7, 11) is 0. The summed E-state index contributed by atoms with van der Waals surface area (Å²) in [6.07, 6.45) is 14.4. The third kappa shape index (κ3) is 3.79. The summed E-state index contributed by atoms with van der Waals surface area (Å²) < 4.78 is 13.0. The number of allylic oxidation sites excluding steroid dienone is 1. The number of esters is 1. The number of carbonyl (C=O) groups excluding carboxylic acids is 2. The summed E-state index contributed by atoms with van der Waals surface area (Å²) in [5, 5.41) is 0. The molecule has 0 aromatic heterocycles. The first-order chi connectivity index (χ1) is 18.0. The summed E-state index contributed by atoms with van der Waals surface area (Å²) in [5.41, 5.74) is 1.71. The summed E-state index contributed by atoms with van der Waals surface area (Å²) >= 11 is 0. The molecule has 5 fully saturated rings. The van der Waals surface area contributed by atoms with E-state index < -0.39 is 5.72 Å². The molecule has 0 bridgehead atoms. The van der Waals surface area contributed by atoms with Gasteiger partial charge in [0.05, 0.1) is 6.10 Å². The van der Waals surface area contributed by atoms with Gasteiger partial charge in [-0.3, -0.25) is 9.59 Å². The highest BCUT2D eigenvalue weighted by molar-refractivity contribution is 5.74. The van der Waals surface area contributed by atoms with Crippen LogP contribution in [0.5, 0.6) is 0 Å². The van der Waals surface area contributed by atoms with Gasteiger partial charge >= 0.3 is 5.97 Å². The van der Waals surface area contributed by atoms with E-state index in [0.29, 0.717) is 36.0 Å². The van der Waals surface area contributed by atoms with Gasteiger partial charge in [-0.05, 0) is 98.2 Å². The van der Waals surface area contributed by atoms with Crippen molar-refractivity contribution >= 4 is 11.9 Å². The normalized spacial score (nSPS) is 49.5. The minimum Gasteiger partial charge on any atom is -0.462 e. The lowest BCUT2D eigenvalue weighted by Crippen LogP contribution is -2.60. The molecule has 6 aliphatic rings. The molecule has 0 aromatic rings. The van der Waals surface area contributed by atoms with E-state index in [9.17, 15) is 9.59 Å². The van der Waals surface area contributed by atoms with Crippen LogP contribution in [-0.4, -0.2) is 41.3 Å². The molecule has 212 valence electrons. The molecule has 5 nitrogen and oxygen atoms in total. The molecule has 0 radical (unpaired) electrons. The van der Waals surface area contributed by atoms with Gasteiger partial charge in [0, 0.05) is 32.2 Å². The number of fused-ring (bicyclic) bond motifs is 7. The summed E-state index contributed by atoms with van der Waals surface area (Å²) in [4.78, 5) is 27.1. The molecular weight excluding hydrogens is 474 g/mol. The van der Waals surface area contributed by atoms with Gasteiger partial charge in [-0.2, -0.15) is 0 Å². The average Bonchev–Trinajstić information content (AvgIpc) is 3.31. The van der Waals surface area contributed by atoms with E-state index in [-0.39, 0.29) is 34.9 Å². The lowest BCUT2D eigenvalue weighted by molar-refractivity contribution is -0.200. The monoisotopic (exact) mass is 525 g/mol. The van der Waals surface area contributed by atoms with Crippen LogP contribution in [0.3, 0.4) is 0 Å². The number of amides is 1. The Bertz CT molecular complexity index is 1010. The summed E-state index contributed by atoms with van der Waals surface area (Å²) in [6.45, 7) is 14.4. The first kappa shape index (κ1) is 26.8. The lowest BCUT2D eigenvalue weighted by atomic mass is 9.46. The van der Waals surface area contributed by atoms with Crippen LogP contribution in [0, 0.1) is 46.3 Å². The second kappa shape index (κ2) is 9.35. The van der Waals surface area contributed by atoms with Gasteiger partial charge in [0.2, 0.25) is 5.91 Å². The maximum atomic E-state index is 12.8. The highest BCUT2D eigenvalue weighted by atomic mass is 16.5. The predicted molar refractivity (Wildman–Crippen MR) is 148 cm³/mol. The number of nitrogens with zero attached hydrogens (tertiary/aromatic N) is 1. The fourth-order valence-electron chi connectivity index (χ4n) is 11.0. The van der Waals surface area contributed by atoms with E-state index in [1.807, 2.05) is 6.92 Å². The maximum Gasteiger partial charge on any atom is 0.306 e. The van der Waals surface area contributed by atoms with Gasteiger partial charge in [0.15, 0.2) is 0 Å². The zero-order valence-corrected chi connectivity index (χ0v) is 24.8. The molecule has 1 amide bonds. The highest BCUT2D eigenvalue weighted by Gasteiger charge is 2.69. The van der Waals surface area contributed by atoms with Crippen LogP contribution in [0.15, 0.2) is 11.6 Å². The van der Waals surface area contributed by atoms with Crippen LogP contribution in [0.2, 0.25) is 0 Å². The Labute approximate surface area is 230 Å². The Kier molecular flexibility index (Phi) is 6.60. The quantitative estimate of drug-likeness (QED) is 0.297. The van der Waals surface area contributed by atoms with E-state index >= 15 is 0 Å². The number of hydrogen-bond acceptors (Lipinski definition) is 4. The second-order valence-corrected chi connectivity index (χ2v) is 14.7. The van der Waals surface area contributed by atoms with Gasteiger partial charge in [0.25, 0.3) is 0 Å². The third-order valence-corrected chi connectivity index (χ3v) is 12.8. The summed E-state index contributed by atoms with van der Waals surface area (Å²) in [6, 6.07) is 0. The average molecular weight is 526 g/mol. The van der Waals surface area contributed by atoms with Gasteiger partial charge in [-0.1, -0.05) is 46.3 Å². The Morgan fingerprint density at radius 2 is 1.89 bits per heavy atom. The fraction of sp³-hybridized carbons (Fsp3) is 0.879. The summed E-state index contributed by atoms with van der Waals surface area (Å²) in [5.74, 6) is 3.76. The SMILES string of the molecule is CCCC(=O)O[C@@H]1CC[C@@]2(C)C(=CC[C@@H]3[C@@H]4C[C@@H]5O[C@]6(CC[C@H](C)CN6C(C)=O)[C@@H](C)[C@H]5[C@@]4(C)CC[C@@H]32)C1.